The zero-order valence-electron chi connectivity index (χ0n) is 17.0. The van der Waals surface area contributed by atoms with Gasteiger partial charge in [-0.05, 0) is 55.8 Å². The third kappa shape index (κ3) is 4.49. The molecule has 1 aromatic heterocycles. The second-order valence-corrected chi connectivity index (χ2v) is 7.60. The molecule has 1 fully saturated rings. The maximum Gasteiger partial charge on any atom is 0.254 e. The molecule has 31 heavy (non-hydrogen) atoms. The molecule has 1 aliphatic heterocycles. The number of hydrogen-bond acceptors (Lipinski definition) is 3. The lowest BCUT2D eigenvalue weighted by Crippen LogP contribution is -2.50. The van der Waals surface area contributed by atoms with E-state index in [9.17, 15) is 18.0 Å². The molecule has 4 rings (SSSR count). The number of benzene rings is 2. The molecule has 8 heteroatoms. The normalized spacial score (nSPS) is 18.7. The maximum absolute atomic E-state index is 14.7. The van der Waals surface area contributed by atoms with Crippen molar-refractivity contribution in [2.24, 2.45) is 0 Å². The van der Waals surface area contributed by atoms with Crippen LogP contribution in [0.5, 0.6) is 0 Å². The van der Waals surface area contributed by atoms with Gasteiger partial charge in [-0.15, -0.1) is 0 Å². The van der Waals surface area contributed by atoms with Crippen molar-refractivity contribution < 1.29 is 18.0 Å². The van der Waals surface area contributed by atoms with Crippen LogP contribution in [0.25, 0.3) is 11.3 Å². The average Bonchev–Trinajstić information content (AvgIpc) is 3.25. The first kappa shape index (κ1) is 21.1. The lowest BCUT2D eigenvalue weighted by Gasteiger charge is -2.33. The molecule has 2 aromatic carbocycles. The number of halogens is 3. The lowest BCUT2D eigenvalue weighted by atomic mass is 9.85. The minimum atomic E-state index is -0.923. The van der Waals surface area contributed by atoms with Crippen LogP contribution in [-0.4, -0.2) is 34.8 Å². The standard InChI is InChI=1S/C23H23F3N4O/c1-2-30-10-8-21(29-30)15-3-5-17(19(25)12-15)23(31)28-22-13-27-9-7-16(22)14-4-6-18(24)20(26)11-14/h3-6,8,10-12,16,22,27H,2,7,9,13H2,1H3,(H,28,31)/t16-,22+/m0/s1. The van der Waals surface area contributed by atoms with E-state index in [1.165, 1.54) is 18.2 Å². The number of nitrogens with one attached hydrogen (secondary N) is 2. The summed E-state index contributed by atoms with van der Waals surface area (Å²) in [7, 11) is 0. The van der Waals surface area contributed by atoms with Gasteiger partial charge in [-0.1, -0.05) is 12.1 Å². The van der Waals surface area contributed by atoms with E-state index in [2.05, 4.69) is 15.7 Å². The quantitative estimate of drug-likeness (QED) is 0.649. The minimum absolute atomic E-state index is 0.0757. The van der Waals surface area contributed by atoms with Crippen molar-refractivity contribution in [1.82, 2.24) is 20.4 Å². The fourth-order valence-corrected chi connectivity index (χ4v) is 3.95. The number of carbonyl (C=O) groups excluding carboxylic acids is 1. The number of nitrogens with zero attached hydrogens (tertiary/aromatic N) is 2. The van der Waals surface area contributed by atoms with Gasteiger partial charge in [0, 0.05) is 36.8 Å². The summed E-state index contributed by atoms with van der Waals surface area (Å²) >= 11 is 0. The predicted octanol–water partition coefficient (Wildman–Crippen LogP) is 3.86. The second-order valence-electron chi connectivity index (χ2n) is 7.60. The van der Waals surface area contributed by atoms with Gasteiger partial charge in [-0.3, -0.25) is 9.48 Å². The van der Waals surface area contributed by atoms with Crippen molar-refractivity contribution in [3.63, 3.8) is 0 Å². The SMILES string of the molecule is CCn1ccc(-c2ccc(C(=O)N[C@@H]3CNCC[C@H]3c3ccc(F)c(F)c3)c(F)c2)n1. The summed E-state index contributed by atoms with van der Waals surface area (Å²) in [5, 5.41) is 10.4. The highest BCUT2D eigenvalue weighted by Gasteiger charge is 2.29. The van der Waals surface area contributed by atoms with Crippen LogP contribution in [0.3, 0.4) is 0 Å². The van der Waals surface area contributed by atoms with Crippen LogP contribution in [0.4, 0.5) is 13.2 Å². The molecule has 1 amide bonds. The van der Waals surface area contributed by atoms with E-state index in [1.807, 2.05) is 13.1 Å². The molecule has 2 atom stereocenters. The molecule has 162 valence electrons. The van der Waals surface area contributed by atoms with Gasteiger partial charge in [0.25, 0.3) is 5.91 Å². The summed E-state index contributed by atoms with van der Waals surface area (Å²) in [6.45, 7) is 3.79. The predicted molar refractivity (Wildman–Crippen MR) is 111 cm³/mol. The third-order valence-electron chi connectivity index (χ3n) is 5.64. The molecule has 0 aliphatic carbocycles. The Balaban J connectivity index is 1.52. The van der Waals surface area contributed by atoms with Gasteiger partial charge >= 0.3 is 0 Å². The van der Waals surface area contributed by atoms with E-state index in [-0.39, 0.29) is 17.5 Å². The molecular weight excluding hydrogens is 405 g/mol. The summed E-state index contributed by atoms with van der Waals surface area (Å²) in [6, 6.07) is 9.57. The lowest BCUT2D eigenvalue weighted by molar-refractivity contribution is 0.0920. The van der Waals surface area contributed by atoms with E-state index in [4.69, 9.17) is 0 Å². The Hall–Kier alpha value is -3.13. The second kappa shape index (κ2) is 8.93. The van der Waals surface area contributed by atoms with Gasteiger partial charge in [0.15, 0.2) is 11.6 Å². The Kier molecular flexibility index (Phi) is 6.08. The Morgan fingerprint density at radius 2 is 1.97 bits per heavy atom. The number of hydrogen-bond donors (Lipinski definition) is 2. The van der Waals surface area contributed by atoms with Crippen molar-refractivity contribution in [3.8, 4) is 11.3 Å². The Morgan fingerprint density at radius 3 is 2.68 bits per heavy atom. The van der Waals surface area contributed by atoms with Crippen molar-refractivity contribution in [1.29, 1.82) is 0 Å². The monoisotopic (exact) mass is 428 g/mol. The van der Waals surface area contributed by atoms with Crippen molar-refractivity contribution in [2.75, 3.05) is 13.1 Å². The number of piperidine rings is 1. The van der Waals surface area contributed by atoms with Crippen LogP contribution in [-0.2, 0) is 6.54 Å². The molecule has 3 aromatic rings. The van der Waals surface area contributed by atoms with Gasteiger partial charge in [0.2, 0.25) is 0 Å². The summed E-state index contributed by atoms with van der Waals surface area (Å²) in [5.41, 5.74) is 1.74. The minimum Gasteiger partial charge on any atom is -0.347 e. The number of amides is 1. The summed E-state index contributed by atoms with van der Waals surface area (Å²) in [6.07, 6.45) is 2.44. The highest BCUT2D eigenvalue weighted by Crippen LogP contribution is 2.28. The number of rotatable bonds is 5. The van der Waals surface area contributed by atoms with Crippen LogP contribution < -0.4 is 10.6 Å². The van der Waals surface area contributed by atoms with Gasteiger partial charge in [0.05, 0.1) is 11.3 Å². The Bertz CT molecular complexity index is 1100. The van der Waals surface area contributed by atoms with Crippen LogP contribution in [0.2, 0.25) is 0 Å². The highest BCUT2D eigenvalue weighted by atomic mass is 19.2. The van der Waals surface area contributed by atoms with Crippen LogP contribution >= 0.6 is 0 Å². The molecule has 1 aliphatic rings. The van der Waals surface area contributed by atoms with E-state index in [1.54, 1.807) is 16.8 Å². The molecule has 2 heterocycles. The smallest absolute Gasteiger partial charge is 0.254 e. The Morgan fingerprint density at radius 1 is 1.13 bits per heavy atom. The summed E-state index contributed by atoms with van der Waals surface area (Å²) < 4.78 is 43.5. The number of aryl methyl sites for hydroxylation is 1. The van der Waals surface area contributed by atoms with E-state index >= 15 is 0 Å². The molecule has 0 radical (unpaired) electrons. The highest BCUT2D eigenvalue weighted by molar-refractivity contribution is 5.95. The van der Waals surface area contributed by atoms with Gasteiger partial charge in [0.1, 0.15) is 5.82 Å². The largest absolute Gasteiger partial charge is 0.347 e. The van der Waals surface area contributed by atoms with Crippen molar-refractivity contribution >= 4 is 5.91 Å². The molecule has 0 unspecified atom stereocenters. The number of aromatic nitrogens is 2. The molecular formula is C23H23F3N4O. The van der Waals surface area contributed by atoms with Crippen molar-refractivity contribution in [2.45, 2.75) is 31.8 Å². The van der Waals surface area contributed by atoms with E-state index in [0.717, 1.165) is 12.1 Å². The average molecular weight is 428 g/mol. The van der Waals surface area contributed by atoms with E-state index < -0.39 is 23.4 Å². The topological polar surface area (TPSA) is 59.0 Å². The zero-order valence-corrected chi connectivity index (χ0v) is 17.0. The van der Waals surface area contributed by atoms with Crippen LogP contribution in [0, 0.1) is 17.5 Å². The summed E-state index contributed by atoms with van der Waals surface area (Å²) in [4.78, 5) is 12.8. The van der Waals surface area contributed by atoms with Gasteiger partial charge < -0.3 is 10.6 Å². The Labute approximate surface area is 178 Å². The first-order chi connectivity index (χ1) is 15.0. The zero-order chi connectivity index (χ0) is 22.0. The van der Waals surface area contributed by atoms with E-state index in [0.29, 0.717) is 42.9 Å². The molecule has 0 saturated carbocycles. The molecule has 1 saturated heterocycles. The molecule has 2 N–H and O–H groups in total. The molecule has 0 bridgehead atoms. The van der Waals surface area contributed by atoms with Crippen LogP contribution in [0.1, 0.15) is 35.2 Å². The first-order valence-electron chi connectivity index (χ1n) is 10.3. The van der Waals surface area contributed by atoms with Gasteiger partial charge in [-0.2, -0.15) is 5.10 Å². The number of carbonyl (C=O) groups is 1. The fraction of sp³-hybridized carbons (Fsp3) is 0.304. The van der Waals surface area contributed by atoms with Crippen molar-refractivity contribution in [3.05, 3.63) is 77.2 Å². The van der Waals surface area contributed by atoms with Gasteiger partial charge in [-0.25, -0.2) is 13.2 Å². The van der Waals surface area contributed by atoms with Crippen LogP contribution in [0.15, 0.2) is 48.7 Å². The summed E-state index contributed by atoms with van der Waals surface area (Å²) in [5.74, 6) is -3.24. The third-order valence-corrected chi connectivity index (χ3v) is 5.64. The molecule has 0 spiro atoms. The first-order valence-corrected chi connectivity index (χ1v) is 10.3. The maximum atomic E-state index is 14.7. The molecule has 5 nitrogen and oxygen atoms in total. The fourth-order valence-electron chi connectivity index (χ4n) is 3.95.